The summed E-state index contributed by atoms with van der Waals surface area (Å²) in [6, 6.07) is 17.6. The molecule has 1 saturated heterocycles. The molecule has 2 nitrogen and oxygen atoms in total. The van der Waals surface area contributed by atoms with Gasteiger partial charge in [-0.2, -0.15) is 0 Å². The number of para-hydroxylation sites is 1. The summed E-state index contributed by atoms with van der Waals surface area (Å²) in [5, 5.41) is 4.87. The van der Waals surface area contributed by atoms with Gasteiger partial charge in [0.25, 0.3) is 0 Å². The first-order valence-corrected chi connectivity index (χ1v) is 8.21. The van der Waals surface area contributed by atoms with Crippen LogP contribution in [-0.2, 0) is 0 Å². The molecule has 0 aliphatic carbocycles. The molecule has 1 aromatic heterocycles. The number of aromatic amines is 1. The van der Waals surface area contributed by atoms with Gasteiger partial charge in [-0.15, -0.1) is 0 Å². The lowest BCUT2D eigenvalue weighted by molar-refractivity contribution is 0.463. The number of fused-ring (bicyclic) bond motifs is 1. The summed E-state index contributed by atoms with van der Waals surface area (Å²) in [7, 11) is 0. The second kappa shape index (κ2) is 5.62. The van der Waals surface area contributed by atoms with E-state index in [4.69, 9.17) is 0 Å². The number of benzene rings is 2. The Labute approximate surface area is 131 Å². The van der Waals surface area contributed by atoms with Crippen molar-refractivity contribution in [2.24, 2.45) is 0 Å². The number of piperidine rings is 1. The highest BCUT2D eigenvalue weighted by Gasteiger charge is 2.23. The standard InChI is InChI=1S/C20H22N2/c1-14-6-8-16(9-7-14)20-19(15-10-12-21-13-11-15)17-4-2-3-5-18(17)22-20/h2-9,15,21-22H,10-13H2,1H3. The van der Waals surface area contributed by atoms with E-state index in [1.165, 1.54) is 46.1 Å². The highest BCUT2D eigenvalue weighted by Crippen LogP contribution is 2.39. The summed E-state index contributed by atoms with van der Waals surface area (Å²) in [6.07, 6.45) is 2.45. The van der Waals surface area contributed by atoms with Gasteiger partial charge in [0, 0.05) is 16.6 Å². The first-order valence-electron chi connectivity index (χ1n) is 8.21. The minimum absolute atomic E-state index is 0.647. The van der Waals surface area contributed by atoms with Crippen molar-refractivity contribution >= 4 is 10.9 Å². The lowest BCUT2D eigenvalue weighted by Crippen LogP contribution is -2.26. The Bertz CT molecular complexity index is 777. The number of nitrogens with one attached hydrogen (secondary N) is 2. The minimum Gasteiger partial charge on any atom is -0.354 e. The molecule has 2 heterocycles. The Hall–Kier alpha value is -2.06. The molecule has 112 valence electrons. The maximum atomic E-state index is 3.68. The molecular formula is C20H22N2. The SMILES string of the molecule is Cc1ccc(-c2[nH]c3ccccc3c2C2CCNCC2)cc1. The topological polar surface area (TPSA) is 27.8 Å². The maximum absolute atomic E-state index is 3.68. The number of hydrogen-bond donors (Lipinski definition) is 2. The van der Waals surface area contributed by atoms with E-state index in [2.05, 4.69) is 65.8 Å². The van der Waals surface area contributed by atoms with E-state index in [1.807, 2.05) is 0 Å². The van der Waals surface area contributed by atoms with E-state index in [0.717, 1.165) is 13.1 Å². The van der Waals surface area contributed by atoms with Crippen LogP contribution in [0.1, 0.15) is 29.9 Å². The van der Waals surface area contributed by atoms with Crippen molar-refractivity contribution in [3.63, 3.8) is 0 Å². The molecule has 0 unspecified atom stereocenters. The van der Waals surface area contributed by atoms with Crippen molar-refractivity contribution in [1.82, 2.24) is 10.3 Å². The highest BCUT2D eigenvalue weighted by atomic mass is 14.9. The van der Waals surface area contributed by atoms with Gasteiger partial charge in [0.2, 0.25) is 0 Å². The van der Waals surface area contributed by atoms with Gasteiger partial charge in [-0.25, -0.2) is 0 Å². The quantitative estimate of drug-likeness (QED) is 0.708. The fraction of sp³-hybridized carbons (Fsp3) is 0.300. The van der Waals surface area contributed by atoms with Gasteiger partial charge in [-0.05, 0) is 56.0 Å². The van der Waals surface area contributed by atoms with Gasteiger partial charge in [-0.3, -0.25) is 0 Å². The molecule has 2 aromatic carbocycles. The lowest BCUT2D eigenvalue weighted by Gasteiger charge is -2.24. The van der Waals surface area contributed by atoms with Gasteiger partial charge in [0.05, 0.1) is 0 Å². The van der Waals surface area contributed by atoms with E-state index < -0.39 is 0 Å². The zero-order chi connectivity index (χ0) is 14.9. The molecule has 1 aliphatic heterocycles. The molecule has 1 aliphatic rings. The van der Waals surface area contributed by atoms with Crippen LogP contribution in [0.4, 0.5) is 0 Å². The summed E-state index contributed by atoms with van der Waals surface area (Å²) >= 11 is 0. The predicted octanol–water partition coefficient (Wildman–Crippen LogP) is 4.61. The molecule has 0 saturated carbocycles. The molecular weight excluding hydrogens is 268 g/mol. The van der Waals surface area contributed by atoms with Crippen molar-refractivity contribution < 1.29 is 0 Å². The van der Waals surface area contributed by atoms with E-state index in [-0.39, 0.29) is 0 Å². The third kappa shape index (κ3) is 2.34. The van der Waals surface area contributed by atoms with Crippen LogP contribution in [0.3, 0.4) is 0 Å². The highest BCUT2D eigenvalue weighted by molar-refractivity contribution is 5.91. The predicted molar refractivity (Wildman–Crippen MR) is 93.3 cm³/mol. The Morgan fingerprint density at radius 1 is 0.909 bits per heavy atom. The van der Waals surface area contributed by atoms with Gasteiger partial charge >= 0.3 is 0 Å². The van der Waals surface area contributed by atoms with Crippen LogP contribution in [0.25, 0.3) is 22.2 Å². The van der Waals surface area contributed by atoms with Crippen molar-refractivity contribution in [2.45, 2.75) is 25.7 Å². The number of rotatable bonds is 2. The van der Waals surface area contributed by atoms with Crippen LogP contribution < -0.4 is 5.32 Å². The average Bonchev–Trinajstić information content (AvgIpc) is 2.96. The molecule has 0 amide bonds. The van der Waals surface area contributed by atoms with Gasteiger partial charge in [-0.1, -0.05) is 48.0 Å². The zero-order valence-corrected chi connectivity index (χ0v) is 13.0. The third-order valence-corrected chi connectivity index (χ3v) is 4.83. The maximum Gasteiger partial charge on any atom is 0.0500 e. The summed E-state index contributed by atoms with van der Waals surface area (Å²) in [4.78, 5) is 3.68. The first kappa shape index (κ1) is 13.6. The summed E-state index contributed by atoms with van der Waals surface area (Å²) < 4.78 is 0. The Morgan fingerprint density at radius 3 is 2.41 bits per heavy atom. The van der Waals surface area contributed by atoms with Gasteiger partial charge in [0.1, 0.15) is 0 Å². The zero-order valence-electron chi connectivity index (χ0n) is 13.0. The number of aryl methyl sites for hydroxylation is 1. The van der Waals surface area contributed by atoms with Crippen LogP contribution in [-0.4, -0.2) is 18.1 Å². The average molecular weight is 290 g/mol. The molecule has 1 fully saturated rings. The van der Waals surface area contributed by atoms with E-state index in [0.29, 0.717) is 5.92 Å². The second-order valence-corrected chi connectivity index (χ2v) is 6.35. The molecule has 3 aromatic rings. The molecule has 0 atom stereocenters. The van der Waals surface area contributed by atoms with Crippen molar-refractivity contribution in [1.29, 1.82) is 0 Å². The third-order valence-electron chi connectivity index (χ3n) is 4.83. The van der Waals surface area contributed by atoms with Gasteiger partial charge < -0.3 is 10.3 Å². The number of aromatic nitrogens is 1. The second-order valence-electron chi connectivity index (χ2n) is 6.35. The lowest BCUT2D eigenvalue weighted by atomic mass is 9.86. The van der Waals surface area contributed by atoms with Crippen LogP contribution in [0, 0.1) is 6.92 Å². The van der Waals surface area contributed by atoms with E-state index in [1.54, 1.807) is 0 Å². The molecule has 2 N–H and O–H groups in total. The Balaban J connectivity index is 1.90. The van der Waals surface area contributed by atoms with Crippen LogP contribution in [0.15, 0.2) is 48.5 Å². The Morgan fingerprint density at radius 2 is 1.64 bits per heavy atom. The van der Waals surface area contributed by atoms with Crippen molar-refractivity contribution in [2.75, 3.05) is 13.1 Å². The van der Waals surface area contributed by atoms with Crippen LogP contribution >= 0.6 is 0 Å². The molecule has 4 rings (SSSR count). The van der Waals surface area contributed by atoms with Crippen molar-refractivity contribution in [3.8, 4) is 11.3 Å². The first-order chi connectivity index (χ1) is 10.8. The van der Waals surface area contributed by atoms with Crippen LogP contribution in [0.2, 0.25) is 0 Å². The monoisotopic (exact) mass is 290 g/mol. The molecule has 22 heavy (non-hydrogen) atoms. The minimum atomic E-state index is 0.647. The van der Waals surface area contributed by atoms with Crippen LogP contribution in [0.5, 0.6) is 0 Å². The summed E-state index contributed by atoms with van der Waals surface area (Å²) in [6.45, 7) is 4.39. The Kier molecular flexibility index (Phi) is 3.47. The molecule has 0 radical (unpaired) electrons. The molecule has 0 spiro atoms. The summed E-state index contributed by atoms with van der Waals surface area (Å²) in [5.74, 6) is 0.647. The van der Waals surface area contributed by atoms with Crippen molar-refractivity contribution in [3.05, 3.63) is 59.7 Å². The fourth-order valence-electron chi connectivity index (χ4n) is 3.65. The normalized spacial score (nSPS) is 16.2. The summed E-state index contributed by atoms with van der Waals surface area (Å²) in [5.41, 5.74) is 6.69. The molecule has 0 bridgehead atoms. The smallest absolute Gasteiger partial charge is 0.0500 e. The largest absolute Gasteiger partial charge is 0.354 e. The number of H-pyrrole nitrogens is 1. The van der Waals surface area contributed by atoms with E-state index >= 15 is 0 Å². The number of hydrogen-bond acceptors (Lipinski definition) is 1. The molecule has 2 heteroatoms. The van der Waals surface area contributed by atoms with Gasteiger partial charge in [0.15, 0.2) is 0 Å². The fourth-order valence-corrected chi connectivity index (χ4v) is 3.65. The van der Waals surface area contributed by atoms with E-state index in [9.17, 15) is 0 Å².